The normalized spacial score (nSPS) is 16.2. The molecule has 1 aliphatic heterocycles. The smallest absolute Gasteiger partial charge is 0.333 e. The van der Waals surface area contributed by atoms with Crippen LogP contribution in [-0.2, 0) is 19.1 Å². The maximum absolute atomic E-state index is 12.6. The van der Waals surface area contributed by atoms with Crippen LogP contribution in [-0.4, -0.2) is 55.3 Å². The van der Waals surface area contributed by atoms with Crippen LogP contribution in [0.2, 0.25) is 0 Å². The van der Waals surface area contributed by atoms with E-state index in [1.54, 1.807) is 32.0 Å². The van der Waals surface area contributed by atoms with Crippen LogP contribution < -0.4 is 14.8 Å². The molecule has 0 aliphatic carbocycles. The zero-order valence-electron chi connectivity index (χ0n) is 15.6. The van der Waals surface area contributed by atoms with Crippen molar-refractivity contribution in [1.82, 2.24) is 4.90 Å². The molecule has 1 fully saturated rings. The van der Waals surface area contributed by atoms with Gasteiger partial charge in [0.05, 0.1) is 37.7 Å². The lowest BCUT2D eigenvalue weighted by molar-refractivity contribution is -0.137. The summed E-state index contributed by atoms with van der Waals surface area (Å²) in [5.41, 5.74) is 0.500. The fourth-order valence-electron chi connectivity index (χ4n) is 2.48. The zero-order chi connectivity index (χ0) is 20.0. The molecule has 8 nitrogen and oxygen atoms in total. The molecule has 2 amide bonds. The summed E-state index contributed by atoms with van der Waals surface area (Å²) in [5, 5.41) is 3.14. The summed E-state index contributed by atoms with van der Waals surface area (Å²) >= 11 is 1.20. The molecule has 0 radical (unpaired) electrons. The Hall–Kier alpha value is -2.68. The monoisotopic (exact) mass is 394 g/mol. The average molecular weight is 394 g/mol. The zero-order valence-corrected chi connectivity index (χ0v) is 16.4. The molecule has 9 heteroatoms. The number of methoxy groups -OCH3 is 2. The molecule has 2 rings (SSSR count). The first-order valence-electron chi connectivity index (χ1n) is 8.27. The van der Waals surface area contributed by atoms with Gasteiger partial charge in [0.2, 0.25) is 11.8 Å². The second-order valence-corrected chi connectivity index (χ2v) is 6.52. The molecule has 146 valence electrons. The van der Waals surface area contributed by atoms with E-state index in [2.05, 4.69) is 5.32 Å². The van der Waals surface area contributed by atoms with Crippen molar-refractivity contribution in [3.63, 3.8) is 0 Å². The summed E-state index contributed by atoms with van der Waals surface area (Å²) in [6.07, 6.45) is 1.24. The highest BCUT2D eigenvalue weighted by molar-refractivity contribution is 8.04. The number of hydrogen-bond acceptors (Lipinski definition) is 7. The van der Waals surface area contributed by atoms with Crippen molar-refractivity contribution in [2.24, 2.45) is 0 Å². The maximum atomic E-state index is 12.6. The SMILES string of the molecule is CCOC(=O)/C=C1\SCC(=O)N1C(C)C(=O)Nc1ccc(OC)c(OC)c1. The number of esters is 1. The molecular formula is C18H22N2O6S. The topological polar surface area (TPSA) is 94.2 Å². The lowest BCUT2D eigenvalue weighted by Crippen LogP contribution is -2.42. The lowest BCUT2D eigenvalue weighted by Gasteiger charge is -2.24. The van der Waals surface area contributed by atoms with E-state index in [1.807, 2.05) is 0 Å². The van der Waals surface area contributed by atoms with Gasteiger partial charge in [0, 0.05) is 11.8 Å². The predicted octanol–water partition coefficient (Wildman–Crippen LogP) is 2.01. The number of thioether (sulfide) groups is 1. The van der Waals surface area contributed by atoms with Crippen molar-refractivity contribution in [2.75, 3.05) is 31.9 Å². The number of rotatable bonds is 7. The van der Waals surface area contributed by atoms with Gasteiger partial charge in [-0.2, -0.15) is 0 Å². The van der Waals surface area contributed by atoms with Crippen molar-refractivity contribution in [1.29, 1.82) is 0 Å². The van der Waals surface area contributed by atoms with Crippen LogP contribution >= 0.6 is 11.8 Å². The highest BCUT2D eigenvalue weighted by Gasteiger charge is 2.35. The van der Waals surface area contributed by atoms with Gasteiger partial charge in [-0.25, -0.2) is 4.79 Å². The van der Waals surface area contributed by atoms with E-state index in [0.29, 0.717) is 22.2 Å². The van der Waals surface area contributed by atoms with Gasteiger partial charge in [-0.3, -0.25) is 14.5 Å². The number of carbonyl (C=O) groups excluding carboxylic acids is 3. The van der Waals surface area contributed by atoms with E-state index in [1.165, 1.54) is 37.0 Å². The Bertz CT molecular complexity index is 764. The third kappa shape index (κ3) is 4.94. The molecule has 1 N–H and O–H groups in total. The minimum Gasteiger partial charge on any atom is -0.493 e. The van der Waals surface area contributed by atoms with Gasteiger partial charge in [-0.05, 0) is 26.0 Å². The van der Waals surface area contributed by atoms with Gasteiger partial charge in [0.15, 0.2) is 11.5 Å². The number of ether oxygens (including phenoxy) is 3. The number of amides is 2. The van der Waals surface area contributed by atoms with Gasteiger partial charge in [0.1, 0.15) is 6.04 Å². The van der Waals surface area contributed by atoms with E-state index in [-0.39, 0.29) is 18.3 Å². The summed E-state index contributed by atoms with van der Waals surface area (Å²) in [5.74, 6) is -0.0160. The van der Waals surface area contributed by atoms with Gasteiger partial charge in [-0.1, -0.05) is 11.8 Å². The lowest BCUT2D eigenvalue weighted by atomic mass is 10.2. The molecule has 1 heterocycles. The Morgan fingerprint density at radius 2 is 2.00 bits per heavy atom. The quantitative estimate of drug-likeness (QED) is 0.558. The van der Waals surface area contributed by atoms with Crippen LogP contribution in [0.5, 0.6) is 11.5 Å². The molecule has 1 unspecified atom stereocenters. The number of carbonyl (C=O) groups is 3. The standard InChI is InChI=1S/C18H22N2O6S/c1-5-26-17(22)9-16-20(15(21)10-27-16)11(2)18(23)19-12-6-7-13(24-3)14(8-12)25-4/h6-9,11H,5,10H2,1-4H3,(H,19,23)/b16-9-. The maximum Gasteiger partial charge on any atom is 0.333 e. The van der Waals surface area contributed by atoms with Crippen LogP contribution in [0.4, 0.5) is 5.69 Å². The van der Waals surface area contributed by atoms with Gasteiger partial charge in [0.25, 0.3) is 0 Å². The summed E-state index contributed by atoms with van der Waals surface area (Å²) in [7, 11) is 3.02. The second kappa shape index (κ2) is 9.31. The predicted molar refractivity (Wildman–Crippen MR) is 102 cm³/mol. The van der Waals surface area contributed by atoms with Crippen molar-refractivity contribution in [3.8, 4) is 11.5 Å². The average Bonchev–Trinajstić information content (AvgIpc) is 3.01. The van der Waals surface area contributed by atoms with Crippen LogP contribution in [0.25, 0.3) is 0 Å². The van der Waals surface area contributed by atoms with E-state index in [0.717, 1.165) is 0 Å². The largest absolute Gasteiger partial charge is 0.493 e. The van der Waals surface area contributed by atoms with Gasteiger partial charge < -0.3 is 19.5 Å². The summed E-state index contributed by atoms with van der Waals surface area (Å²) < 4.78 is 15.3. The number of hydrogen-bond donors (Lipinski definition) is 1. The molecule has 1 aliphatic rings. The molecule has 0 saturated carbocycles. The molecule has 0 aromatic heterocycles. The Balaban J connectivity index is 2.15. The summed E-state index contributed by atoms with van der Waals surface area (Å²) in [6.45, 7) is 3.52. The van der Waals surface area contributed by atoms with Crippen molar-refractivity contribution >= 4 is 35.2 Å². The van der Waals surface area contributed by atoms with E-state index in [4.69, 9.17) is 14.2 Å². The van der Waals surface area contributed by atoms with Crippen molar-refractivity contribution in [2.45, 2.75) is 19.9 Å². The fourth-order valence-corrected chi connectivity index (χ4v) is 3.47. The highest BCUT2D eigenvalue weighted by Crippen LogP contribution is 2.32. The Labute approximate surface area is 161 Å². The van der Waals surface area contributed by atoms with E-state index >= 15 is 0 Å². The molecule has 1 aromatic carbocycles. The first-order chi connectivity index (χ1) is 12.9. The van der Waals surface area contributed by atoms with E-state index in [9.17, 15) is 14.4 Å². The molecule has 1 aromatic rings. The Morgan fingerprint density at radius 3 is 2.63 bits per heavy atom. The van der Waals surface area contributed by atoms with Crippen LogP contribution in [0.3, 0.4) is 0 Å². The number of anilines is 1. The van der Waals surface area contributed by atoms with Crippen LogP contribution in [0, 0.1) is 0 Å². The molecular weight excluding hydrogens is 372 g/mol. The number of nitrogens with zero attached hydrogens (tertiary/aromatic N) is 1. The first-order valence-corrected chi connectivity index (χ1v) is 9.26. The molecule has 0 bridgehead atoms. The number of benzene rings is 1. The van der Waals surface area contributed by atoms with Crippen LogP contribution in [0.1, 0.15) is 13.8 Å². The van der Waals surface area contributed by atoms with Gasteiger partial charge >= 0.3 is 5.97 Å². The second-order valence-electron chi connectivity index (χ2n) is 5.52. The van der Waals surface area contributed by atoms with Gasteiger partial charge in [-0.15, -0.1) is 0 Å². The minimum atomic E-state index is -0.804. The first kappa shape index (κ1) is 20.6. The molecule has 1 saturated heterocycles. The van der Waals surface area contributed by atoms with Crippen LogP contribution in [0.15, 0.2) is 29.3 Å². The minimum absolute atomic E-state index is 0.166. The Kier molecular flexibility index (Phi) is 7.12. The van der Waals surface area contributed by atoms with Crippen molar-refractivity contribution < 1.29 is 28.6 Å². The summed E-state index contributed by atoms with van der Waals surface area (Å²) in [6, 6.07) is 4.16. The summed E-state index contributed by atoms with van der Waals surface area (Å²) in [4.78, 5) is 37.8. The fraction of sp³-hybridized carbons (Fsp3) is 0.389. The third-order valence-electron chi connectivity index (χ3n) is 3.80. The molecule has 1 atom stereocenters. The molecule has 27 heavy (non-hydrogen) atoms. The molecule has 0 spiro atoms. The Morgan fingerprint density at radius 1 is 1.30 bits per heavy atom. The number of nitrogens with one attached hydrogen (secondary N) is 1. The highest BCUT2D eigenvalue weighted by atomic mass is 32.2. The van der Waals surface area contributed by atoms with Crippen molar-refractivity contribution in [3.05, 3.63) is 29.3 Å². The third-order valence-corrected chi connectivity index (χ3v) is 4.80. The van der Waals surface area contributed by atoms with E-state index < -0.39 is 17.9 Å².